The quantitative estimate of drug-likeness (QED) is 0.869. The van der Waals surface area contributed by atoms with Crippen LogP contribution in [0.1, 0.15) is 12.5 Å². The summed E-state index contributed by atoms with van der Waals surface area (Å²) in [6.45, 7) is 3.21. The number of nitrogens with two attached hydrogens (primary N) is 1. The van der Waals surface area contributed by atoms with Gasteiger partial charge in [-0.3, -0.25) is 0 Å². The molecule has 2 rings (SSSR count). The maximum atomic E-state index is 5.57. The van der Waals surface area contributed by atoms with Crippen LogP contribution in [-0.4, -0.2) is 6.61 Å². The van der Waals surface area contributed by atoms with E-state index in [1.54, 1.807) is 0 Å². The SMILES string of the molecule is CCOc1[c]cc(-c2ccc(CN)cc2)cc1. The summed E-state index contributed by atoms with van der Waals surface area (Å²) in [5.41, 5.74) is 9.02. The molecule has 2 nitrogen and oxygen atoms in total. The lowest BCUT2D eigenvalue weighted by atomic mass is 10.0. The van der Waals surface area contributed by atoms with Crippen molar-refractivity contribution in [2.24, 2.45) is 5.73 Å². The van der Waals surface area contributed by atoms with Crippen LogP contribution in [0.3, 0.4) is 0 Å². The van der Waals surface area contributed by atoms with Crippen molar-refractivity contribution >= 4 is 0 Å². The zero-order chi connectivity index (χ0) is 12.1. The molecule has 2 heteroatoms. The fourth-order valence-corrected chi connectivity index (χ4v) is 1.67. The number of hydrogen-bond acceptors (Lipinski definition) is 2. The molecule has 0 aliphatic carbocycles. The van der Waals surface area contributed by atoms with Crippen LogP contribution in [-0.2, 0) is 6.54 Å². The van der Waals surface area contributed by atoms with Gasteiger partial charge in [0, 0.05) is 12.6 Å². The number of rotatable bonds is 4. The van der Waals surface area contributed by atoms with E-state index < -0.39 is 0 Å². The molecule has 0 unspecified atom stereocenters. The van der Waals surface area contributed by atoms with E-state index in [1.165, 1.54) is 5.56 Å². The molecule has 0 aliphatic rings. The maximum Gasteiger partial charge on any atom is 0.127 e. The first-order valence-corrected chi connectivity index (χ1v) is 5.77. The van der Waals surface area contributed by atoms with Crippen LogP contribution < -0.4 is 10.5 Å². The predicted molar refractivity (Wildman–Crippen MR) is 69.8 cm³/mol. The highest BCUT2D eigenvalue weighted by molar-refractivity contribution is 5.64. The van der Waals surface area contributed by atoms with E-state index in [9.17, 15) is 0 Å². The summed E-state index contributed by atoms with van der Waals surface area (Å²) in [5, 5.41) is 0. The van der Waals surface area contributed by atoms with Crippen molar-refractivity contribution in [1.29, 1.82) is 0 Å². The summed E-state index contributed by atoms with van der Waals surface area (Å²) >= 11 is 0. The van der Waals surface area contributed by atoms with E-state index in [1.807, 2.05) is 37.3 Å². The van der Waals surface area contributed by atoms with Gasteiger partial charge in [0.2, 0.25) is 0 Å². The largest absolute Gasteiger partial charge is 0.493 e. The first kappa shape index (κ1) is 11.7. The lowest BCUT2D eigenvalue weighted by molar-refractivity contribution is 0.339. The Labute approximate surface area is 102 Å². The van der Waals surface area contributed by atoms with E-state index in [4.69, 9.17) is 10.5 Å². The van der Waals surface area contributed by atoms with E-state index in [-0.39, 0.29) is 0 Å². The molecule has 0 fully saturated rings. The Bertz CT molecular complexity index is 459. The fraction of sp³-hybridized carbons (Fsp3) is 0.200. The van der Waals surface area contributed by atoms with Gasteiger partial charge < -0.3 is 10.5 Å². The van der Waals surface area contributed by atoms with Crippen LogP contribution in [0.2, 0.25) is 0 Å². The Hall–Kier alpha value is -1.80. The molecule has 0 saturated carbocycles. The van der Waals surface area contributed by atoms with Crippen LogP contribution in [0.5, 0.6) is 5.75 Å². The average Bonchev–Trinajstić information content (AvgIpc) is 2.40. The molecule has 0 aromatic heterocycles. The van der Waals surface area contributed by atoms with Crippen molar-refractivity contribution in [3.8, 4) is 16.9 Å². The monoisotopic (exact) mass is 226 g/mol. The molecule has 0 saturated heterocycles. The van der Waals surface area contributed by atoms with Crippen LogP contribution in [0.25, 0.3) is 11.1 Å². The molecule has 0 amide bonds. The normalized spacial score (nSPS) is 10.2. The van der Waals surface area contributed by atoms with Crippen molar-refractivity contribution < 1.29 is 4.74 Å². The van der Waals surface area contributed by atoms with Gasteiger partial charge >= 0.3 is 0 Å². The zero-order valence-corrected chi connectivity index (χ0v) is 9.94. The van der Waals surface area contributed by atoms with Crippen molar-refractivity contribution in [2.75, 3.05) is 6.61 Å². The van der Waals surface area contributed by atoms with Gasteiger partial charge in [-0.1, -0.05) is 30.3 Å². The summed E-state index contributed by atoms with van der Waals surface area (Å²) in [4.78, 5) is 0. The third-order valence-electron chi connectivity index (χ3n) is 2.61. The highest BCUT2D eigenvalue weighted by atomic mass is 16.5. The van der Waals surface area contributed by atoms with Gasteiger partial charge in [-0.25, -0.2) is 0 Å². The summed E-state index contributed by atoms with van der Waals surface area (Å²) in [6, 6.07) is 17.3. The Morgan fingerprint density at radius 2 is 1.76 bits per heavy atom. The molecule has 0 spiro atoms. The predicted octanol–water partition coefficient (Wildman–Crippen LogP) is 3.01. The summed E-state index contributed by atoms with van der Waals surface area (Å²) in [6.07, 6.45) is 0. The number of benzene rings is 2. The molecule has 0 heterocycles. The molecular weight excluding hydrogens is 210 g/mol. The molecule has 2 N–H and O–H groups in total. The van der Waals surface area contributed by atoms with Gasteiger partial charge in [-0.05, 0) is 35.7 Å². The van der Waals surface area contributed by atoms with Gasteiger partial charge in [-0.15, -0.1) is 0 Å². The van der Waals surface area contributed by atoms with Gasteiger partial charge in [-0.2, -0.15) is 0 Å². The Balaban J connectivity index is 2.20. The highest BCUT2D eigenvalue weighted by Gasteiger charge is 1.99. The molecule has 0 bridgehead atoms. The molecule has 17 heavy (non-hydrogen) atoms. The molecule has 87 valence electrons. The van der Waals surface area contributed by atoms with Crippen molar-refractivity contribution in [1.82, 2.24) is 0 Å². The second-order valence-electron chi connectivity index (χ2n) is 3.78. The number of ether oxygens (including phenoxy) is 1. The van der Waals surface area contributed by atoms with Gasteiger partial charge in [0.1, 0.15) is 5.75 Å². The molecule has 2 aromatic carbocycles. The molecule has 1 radical (unpaired) electrons. The van der Waals surface area contributed by atoms with E-state index >= 15 is 0 Å². The average molecular weight is 226 g/mol. The molecule has 0 aliphatic heterocycles. The Morgan fingerprint density at radius 3 is 2.29 bits per heavy atom. The molecular formula is C15H16NO. The zero-order valence-electron chi connectivity index (χ0n) is 9.94. The van der Waals surface area contributed by atoms with Gasteiger partial charge in [0.15, 0.2) is 0 Å². The Morgan fingerprint density at radius 1 is 1.06 bits per heavy atom. The lowest BCUT2D eigenvalue weighted by Crippen LogP contribution is -1.95. The maximum absolute atomic E-state index is 5.57. The highest BCUT2D eigenvalue weighted by Crippen LogP contribution is 2.22. The van der Waals surface area contributed by atoms with E-state index in [0.717, 1.165) is 16.9 Å². The molecule has 2 aromatic rings. The Kier molecular flexibility index (Phi) is 3.78. The third-order valence-corrected chi connectivity index (χ3v) is 2.61. The van der Waals surface area contributed by atoms with Crippen LogP contribution in [0, 0.1) is 6.07 Å². The summed E-state index contributed by atoms with van der Waals surface area (Å²) in [7, 11) is 0. The second kappa shape index (κ2) is 5.51. The topological polar surface area (TPSA) is 35.2 Å². The molecule has 0 atom stereocenters. The standard InChI is InChI=1S/C15H16NO/c1-2-17-15-9-7-14(8-10-15)13-5-3-12(11-16)4-6-13/h3-9H,2,11,16H2,1H3. The minimum absolute atomic E-state index is 0.579. The smallest absolute Gasteiger partial charge is 0.127 e. The first-order chi connectivity index (χ1) is 8.33. The first-order valence-electron chi connectivity index (χ1n) is 5.77. The van der Waals surface area contributed by atoms with Gasteiger partial charge in [0.25, 0.3) is 0 Å². The van der Waals surface area contributed by atoms with Crippen molar-refractivity contribution in [2.45, 2.75) is 13.5 Å². The number of hydrogen-bond donors (Lipinski definition) is 1. The van der Waals surface area contributed by atoms with Crippen molar-refractivity contribution in [3.05, 3.63) is 54.1 Å². The minimum Gasteiger partial charge on any atom is -0.493 e. The van der Waals surface area contributed by atoms with E-state index in [2.05, 4.69) is 18.2 Å². The van der Waals surface area contributed by atoms with Gasteiger partial charge in [0.05, 0.1) is 6.61 Å². The van der Waals surface area contributed by atoms with Crippen LogP contribution in [0.4, 0.5) is 0 Å². The van der Waals surface area contributed by atoms with Crippen molar-refractivity contribution in [3.63, 3.8) is 0 Å². The lowest BCUT2D eigenvalue weighted by Gasteiger charge is -2.05. The van der Waals surface area contributed by atoms with Crippen LogP contribution in [0.15, 0.2) is 42.5 Å². The third kappa shape index (κ3) is 2.86. The summed E-state index contributed by atoms with van der Waals surface area (Å²) < 4.78 is 5.36. The second-order valence-corrected chi connectivity index (χ2v) is 3.78. The van der Waals surface area contributed by atoms with E-state index in [0.29, 0.717) is 13.2 Å². The minimum atomic E-state index is 0.579. The fourth-order valence-electron chi connectivity index (χ4n) is 1.67. The van der Waals surface area contributed by atoms with Crippen LogP contribution >= 0.6 is 0 Å². The summed E-state index contributed by atoms with van der Waals surface area (Å²) in [5.74, 6) is 0.787.